The van der Waals surface area contributed by atoms with Gasteiger partial charge in [0.25, 0.3) is 0 Å². The Labute approximate surface area is 82.1 Å². The lowest BCUT2D eigenvalue weighted by atomic mass is 10.2. The predicted molar refractivity (Wildman–Crippen MR) is 57.1 cm³/mol. The van der Waals surface area contributed by atoms with E-state index in [1.165, 1.54) is 32.5 Å². The second-order valence-electron chi connectivity index (χ2n) is 4.14. The van der Waals surface area contributed by atoms with Crippen LogP contribution in [0.15, 0.2) is 0 Å². The van der Waals surface area contributed by atoms with Crippen LogP contribution in [0.5, 0.6) is 0 Å². The quantitative estimate of drug-likeness (QED) is 0.619. The highest BCUT2D eigenvalue weighted by molar-refractivity contribution is 4.79. The molecule has 1 saturated heterocycles. The second-order valence-corrected chi connectivity index (χ2v) is 4.14. The molecule has 1 aliphatic rings. The van der Waals surface area contributed by atoms with Gasteiger partial charge < -0.3 is 15.1 Å². The molecule has 0 saturated carbocycles. The summed E-state index contributed by atoms with van der Waals surface area (Å²) in [5, 5.41) is 3.19. The summed E-state index contributed by atoms with van der Waals surface area (Å²) in [5.41, 5.74) is 0. The van der Waals surface area contributed by atoms with Crippen LogP contribution in [0.3, 0.4) is 0 Å². The van der Waals surface area contributed by atoms with E-state index in [0.717, 1.165) is 12.6 Å². The molecule has 0 aliphatic carbocycles. The van der Waals surface area contributed by atoms with E-state index in [-0.39, 0.29) is 0 Å². The van der Waals surface area contributed by atoms with Crippen molar-refractivity contribution in [3.05, 3.63) is 0 Å². The van der Waals surface area contributed by atoms with Gasteiger partial charge in [0.05, 0.1) is 0 Å². The highest BCUT2D eigenvalue weighted by Gasteiger charge is 2.22. The van der Waals surface area contributed by atoms with E-state index in [1.807, 2.05) is 7.05 Å². The first-order chi connectivity index (χ1) is 6.24. The summed E-state index contributed by atoms with van der Waals surface area (Å²) in [6.45, 7) is 4.86. The first-order valence-corrected chi connectivity index (χ1v) is 5.27. The van der Waals surface area contributed by atoms with Crippen molar-refractivity contribution >= 4 is 0 Å². The Bertz CT molecular complexity index is 138. The average Bonchev–Trinajstić information content (AvgIpc) is 2.52. The summed E-state index contributed by atoms with van der Waals surface area (Å²) in [4.78, 5) is 4.92. The van der Waals surface area contributed by atoms with Gasteiger partial charge in [0.15, 0.2) is 0 Å². The van der Waals surface area contributed by atoms with Crippen LogP contribution in [-0.4, -0.2) is 63.2 Å². The van der Waals surface area contributed by atoms with Crippen molar-refractivity contribution in [3.63, 3.8) is 0 Å². The monoisotopic (exact) mass is 185 g/mol. The molecule has 0 aromatic rings. The topological polar surface area (TPSA) is 18.5 Å². The van der Waals surface area contributed by atoms with Crippen molar-refractivity contribution in [1.29, 1.82) is 0 Å². The summed E-state index contributed by atoms with van der Waals surface area (Å²) in [6, 6.07) is 0.793. The summed E-state index contributed by atoms with van der Waals surface area (Å²) in [6.07, 6.45) is 2.60. The van der Waals surface area contributed by atoms with E-state index in [2.05, 4.69) is 29.2 Å². The molecular weight excluding hydrogens is 162 g/mol. The Balaban J connectivity index is 2.12. The lowest BCUT2D eigenvalue weighted by Crippen LogP contribution is -2.35. The van der Waals surface area contributed by atoms with E-state index in [4.69, 9.17) is 0 Å². The van der Waals surface area contributed by atoms with Gasteiger partial charge in [0, 0.05) is 12.6 Å². The molecule has 0 spiro atoms. The first-order valence-electron chi connectivity index (χ1n) is 5.27. The van der Waals surface area contributed by atoms with Crippen molar-refractivity contribution in [2.45, 2.75) is 18.9 Å². The maximum absolute atomic E-state index is 3.19. The maximum atomic E-state index is 3.19. The van der Waals surface area contributed by atoms with Crippen molar-refractivity contribution in [1.82, 2.24) is 15.1 Å². The number of likely N-dealkylation sites (N-methyl/N-ethyl adjacent to an activating group) is 2. The Hall–Kier alpha value is -0.120. The number of nitrogens with one attached hydrogen (secondary N) is 1. The molecular formula is C10H23N3. The van der Waals surface area contributed by atoms with Gasteiger partial charge in [0.2, 0.25) is 0 Å². The number of rotatable bonds is 5. The van der Waals surface area contributed by atoms with E-state index < -0.39 is 0 Å². The fourth-order valence-electron chi connectivity index (χ4n) is 1.96. The molecule has 0 aromatic carbocycles. The van der Waals surface area contributed by atoms with Crippen molar-refractivity contribution in [2.75, 3.05) is 47.3 Å². The molecule has 0 amide bonds. The summed E-state index contributed by atoms with van der Waals surface area (Å²) in [5.74, 6) is 0. The van der Waals surface area contributed by atoms with Crippen LogP contribution in [0.25, 0.3) is 0 Å². The van der Waals surface area contributed by atoms with Crippen molar-refractivity contribution in [3.8, 4) is 0 Å². The van der Waals surface area contributed by atoms with Crippen LogP contribution in [0.2, 0.25) is 0 Å². The zero-order valence-electron chi connectivity index (χ0n) is 9.21. The predicted octanol–water partition coefficient (Wildman–Crippen LogP) is 0.232. The SMILES string of the molecule is CNCCCN(C)C1CCN(C)C1. The molecule has 3 nitrogen and oxygen atoms in total. The summed E-state index contributed by atoms with van der Waals surface area (Å²) < 4.78 is 0. The van der Waals surface area contributed by atoms with Gasteiger partial charge in [-0.1, -0.05) is 0 Å². The van der Waals surface area contributed by atoms with Crippen LogP contribution in [-0.2, 0) is 0 Å². The average molecular weight is 185 g/mol. The van der Waals surface area contributed by atoms with Gasteiger partial charge in [-0.2, -0.15) is 0 Å². The van der Waals surface area contributed by atoms with Gasteiger partial charge in [-0.15, -0.1) is 0 Å². The Morgan fingerprint density at radius 3 is 2.85 bits per heavy atom. The van der Waals surface area contributed by atoms with Gasteiger partial charge in [-0.25, -0.2) is 0 Å². The molecule has 3 heteroatoms. The van der Waals surface area contributed by atoms with E-state index in [0.29, 0.717) is 0 Å². The Kier molecular flexibility index (Phi) is 4.70. The largest absolute Gasteiger partial charge is 0.320 e. The Morgan fingerprint density at radius 1 is 1.54 bits per heavy atom. The zero-order valence-corrected chi connectivity index (χ0v) is 9.21. The van der Waals surface area contributed by atoms with E-state index >= 15 is 0 Å². The van der Waals surface area contributed by atoms with Crippen LogP contribution < -0.4 is 5.32 Å². The molecule has 1 rings (SSSR count). The van der Waals surface area contributed by atoms with Crippen LogP contribution >= 0.6 is 0 Å². The standard InChI is InChI=1S/C10H23N3/c1-11-6-4-7-13(3)10-5-8-12(2)9-10/h10-11H,4-9H2,1-3H3. The number of likely N-dealkylation sites (tertiary alicyclic amines) is 1. The molecule has 13 heavy (non-hydrogen) atoms. The normalized spacial score (nSPS) is 24.5. The minimum Gasteiger partial charge on any atom is -0.320 e. The molecule has 0 radical (unpaired) electrons. The lowest BCUT2D eigenvalue weighted by Gasteiger charge is -2.23. The molecule has 1 unspecified atom stereocenters. The fraction of sp³-hybridized carbons (Fsp3) is 1.00. The molecule has 0 aromatic heterocycles. The highest BCUT2D eigenvalue weighted by atomic mass is 15.2. The summed E-state index contributed by atoms with van der Waals surface area (Å²) in [7, 11) is 6.48. The smallest absolute Gasteiger partial charge is 0.0232 e. The molecule has 1 atom stereocenters. The zero-order chi connectivity index (χ0) is 9.68. The molecule has 1 heterocycles. The Morgan fingerprint density at radius 2 is 2.31 bits per heavy atom. The third-order valence-electron chi connectivity index (χ3n) is 2.93. The summed E-state index contributed by atoms with van der Waals surface area (Å²) >= 11 is 0. The number of nitrogens with zero attached hydrogens (tertiary/aromatic N) is 2. The van der Waals surface area contributed by atoms with Gasteiger partial charge in [-0.05, 0) is 53.6 Å². The molecule has 78 valence electrons. The van der Waals surface area contributed by atoms with Crippen LogP contribution in [0.4, 0.5) is 0 Å². The minimum atomic E-state index is 0.793. The molecule has 1 N–H and O–H groups in total. The molecule has 0 bridgehead atoms. The maximum Gasteiger partial charge on any atom is 0.0232 e. The first kappa shape index (κ1) is 11.0. The third kappa shape index (κ3) is 3.63. The van der Waals surface area contributed by atoms with Gasteiger partial charge in [-0.3, -0.25) is 0 Å². The van der Waals surface area contributed by atoms with Crippen LogP contribution in [0, 0.1) is 0 Å². The van der Waals surface area contributed by atoms with E-state index in [9.17, 15) is 0 Å². The lowest BCUT2D eigenvalue weighted by molar-refractivity contribution is 0.239. The van der Waals surface area contributed by atoms with Gasteiger partial charge >= 0.3 is 0 Å². The van der Waals surface area contributed by atoms with Crippen molar-refractivity contribution < 1.29 is 0 Å². The third-order valence-corrected chi connectivity index (χ3v) is 2.93. The highest BCUT2D eigenvalue weighted by Crippen LogP contribution is 2.12. The van der Waals surface area contributed by atoms with Crippen LogP contribution in [0.1, 0.15) is 12.8 Å². The van der Waals surface area contributed by atoms with Gasteiger partial charge in [0.1, 0.15) is 0 Å². The van der Waals surface area contributed by atoms with Crippen molar-refractivity contribution in [2.24, 2.45) is 0 Å². The minimum absolute atomic E-state index is 0.793. The molecule has 1 aliphatic heterocycles. The number of hydrogen-bond acceptors (Lipinski definition) is 3. The molecule has 1 fully saturated rings. The fourth-order valence-corrected chi connectivity index (χ4v) is 1.96. The number of hydrogen-bond donors (Lipinski definition) is 1. The van der Waals surface area contributed by atoms with E-state index in [1.54, 1.807) is 0 Å². The second kappa shape index (κ2) is 5.58.